The first kappa shape index (κ1) is 28.4. The third-order valence-electron chi connectivity index (χ3n) is 9.27. The van der Waals surface area contributed by atoms with Crippen LogP contribution in [-0.2, 0) is 22.6 Å². The quantitative estimate of drug-likeness (QED) is 0.177. The highest BCUT2D eigenvalue weighted by Gasteiger charge is 2.48. The molecule has 10 heteroatoms. The number of aromatic nitrogens is 6. The van der Waals surface area contributed by atoms with Gasteiger partial charge in [0.1, 0.15) is 12.2 Å². The molecule has 0 unspecified atom stereocenters. The lowest BCUT2D eigenvalue weighted by Gasteiger charge is -2.38. The zero-order chi connectivity index (χ0) is 30.3. The van der Waals surface area contributed by atoms with Crippen LogP contribution in [0.3, 0.4) is 0 Å². The smallest absolute Gasteiger partial charge is 0.239 e. The lowest BCUT2D eigenvalue weighted by Crippen LogP contribution is -2.50. The van der Waals surface area contributed by atoms with Crippen LogP contribution in [0.25, 0.3) is 27.8 Å². The lowest BCUT2D eigenvalue weighted by molar-refractivity contribution is -0.137. The van der Waals surface area contributed by atoms with Gasteiger partial charge in [-0.1, -0.05) is 68.1 Å². The number of rotatable bonds is 8. The first-order valence-corrected chi connectivity index (χ1v) is 15.8. The summed E-state index contributed by atoms with van der Waals surface area (Å²) < 4.78 is 3.85. The van der Waals surface area contributed by atoms with E-state index >= 15 is 0 Å². The molecule has 3 aromatic carbocycles. The number of piperidine rings is 1. The van der Waals surface area contributed by atoms with E-state index in [4.69, 9.17) is 16.6 Å². The van der Waals surface area contributed by atoms with E-state index in [1.807, 2.05) is 36.4 Å². The van der Waals surface area contributed by atoms with Crippen molar-refractivity contribution in [3.05, 3.63) is 83.4 Å². The van der Waals surface area contributed by atoms with E-state index in [0.717, 1.165) is 84.2 Å². The van der Waals surface area contributed by atoms with Crippen molar-refractivity contribution in [3.8, 4) is 16.8 Å². The molecule has 44 heavy (non-hydrogen) atoms. The molecule has 0 atom stereocenters. The van der Waals surface area contributed by atoms with Gasteiger partial charge in [0.05, 0.1) is 27.8 Å². The van der Waals surface area contributed by atoms with Gasteiger partial charge in [0.15, 0.2) is 0 Å². The Labute approximate surface area is 260 Å². The summed E-state index contributed by atoms with van der Waals surface area (Å²) >= 11 is 6.30. The number of benzene rings is 3. The fraction of sp³-hybridized carbons (Fsp3) is 0.353. The van der Waals surface area contributed by atoms with Crippen LogP contribution in [0.4, 0.5) is 5.69 Å². The molecule has 2 amide bonds. The molecule has 9 nitrogen and oxygen atoms in total. The van der Waals surface area contributed by atoms with Crippen LogP contribution in [0.15, 0.2) is 67.0 Å². The van der Waals surface area contributed by atoms with Crippen LogP contribution < -0.4 is 4.90 Å². The van der Waals surface area contributed by atoms with E-state index in [1.165, 1.54) is 4.90 Å². The lowest BCUT2D eigenvalue weighted by atomic mass is 9.77. The molecule has 2 fully saturated rings. The predicted molar refractivity (Wildman–Crippen MR) is 170 cm³/mol. The summed E-state index contributed by atoms with van der Waals surface area (Å²) in [5.74, 6) is 0.870. The summed E-state index contributed by atoms with van der Waals surface area (Å²) in [6.45, 7) is 2.79. The third-order valence-corrected chi connectivity index (χ3v) is 9.50. The maximum absolute atomic E-state index is 13.7. The largest absolute Gasteiger partial charge is 0.323 e. The summed E-state index contributed by atoms with van der Waals surface area (Å²) in [5.41, 5.74) is 5.96. The number of halogens is 1. The van der Waals surface area contributed by atoms with Gasteiger partial charge in [0, 0.05) is 30.0 Å². The van der Waals surface area contributed by atoms with Gasteiger partial charge in [-0.2, -0.15) is 4.68 Å². The highest BCUT2D eigenvalue weighted by atomic mass is 35.5. The SMILES string of the molecule is CCCCc1nc2ccc(N3C(=O)CCC4(CCCC4)C3=O)cc2n1Cc1ccc(-c2ccc(Cl)cc2-n2cnnn2)cc1. The highest BCUT2D eigenvalue weighted by Crippen LogP contribution is 2.47. The van der Waals surface area contributed by atoms with Crippen molar-refractivity contribution in [2.45, 2.75) is 71.3 Å². The minimum absolute atomic E-state index is 0.0262. The zero-order valence-electron chi connectivity index (χ0n) is 24.7. The molecule has 1 aliphatic carbocycles. The fourth-order valence-electron chi connectivity index (χ4n) is 6.88. The second kappa shape index (κ2) is 11.6. The molecule has 2 aromatic heterocycles. The van der Waals surface area contributed by atoms with Crippen LogP contribution in [-0.4, -0.2) is 41.6 Å². The maximum atomic E-state index is 13.7. The van der Waals surface area contributed by atoms with Crippen molar-refractivity contribution in [2.24, 2.45) is 5.41 Å². The molecular formula is C34H34ClN7O2. The number of nitrogens with zero attached hydrogens (tertiary/aromatic N) is 7. The van der Waals surface area contributed by atoms with Crippen LogP contribution >= 0.6 is 11.6 Å². The Hall–Kier alpha value is -4.37. The number of imide groups is 1. The van der Waals surface area contributed by atoms with Gasteiger partial charge in [-0.05, 0) is 77.6 Å². The van der Waals surface area contributed by atoms with Crippen LogP contribution in [0.2, 0.25) is 5.02 Å². The molecule has 1 saturated carbocycles. The number of amides is 2. The average Bonchev–Trinajstić information content (AvgIpc) is 3.81. The minimum Gasteiger partial charge on any atom is -0.323 e. The number of aryl methyl sites for hydroxylation is 1. The summed E-state index contributed by atoms with van der Waals surface area (Å²) in [6, 6.07) is 19.9. The predicted octanol–water partition coefficient (Wildman–Crippen LogP) is 6.94. The Morgan fingerprint density at radius 2 is 1.77 bits per heavy atom. The summed E-state index contributed by atoms with van der Waals surface area (Å²) in [7, 11) is 0. The fourth-order valence-corrected chi connectivity index (χ4v) is 7.04. The van der Waals surface area contributed by atoms with E-state index in [1.54, 1.807) is 11.0 Å². The third kappa shape index (κ3) is 5.09. The molecule has 0 radical (unpaired) electrons. The Bertz CT molecular complexity index is 1840. The molecular weight excluding hydrogens is 574 g/mol. The van der Waals surface area contributed by atoms with Gasteiger partial charge in [-0.15, -0.1) is 5.10 Å². The Balaban J connectivity index is 1.23. The van der Waals surface area contributed by atoms with Gasteiger partial charge in [0.2, 0.25) is 11.8 Å². The number of fused-ring (bicyclic) bond motifs is 1. The number of imidazole rings is 1. The highest BCUT2D eigenvalue weighted by molar-refractivity contribution is 6.30. The molecule has 1 spiro atoms. The second-order valence-electron chi connectivity index (χ2n) is 12.0. The van der Waals surface area contributed by atoms with Crippen LogP contribution in [0.1, 0.15) is 69.7 Å². The maximum Gasteiger partial charge on any atom is 0.239 e. The van der Waals surface area contributed by atoms with Crippen molar-refractivity contribution in [1.82, 2.24) is 29.8 Å². The first-order valence-electron chi connectivity index (χ1n) is 15.4. The molecule has 1 saturated heterocycles. The normalized spacial score (nSPS) is 16.5. The van der Waals surface area contributed by atoms with E-state index < -0.39 is 0 Å². The first-order chi connectivity index (χ1) is 21.5. The van der Waals surface area contributed by atoms with E-state index in [9.17, 15) is 9.59 Å². The van der Waals surface area contributed by atoms with E-state index in [2.05, 4.69) is 51.3 Å². The number of unbranched alkanes of at least 4 members (excludes halogenated alkanes) is 1. The molecule has 5 aromatic rings. The average molecular weight is 608 g/mol. The van der Waals surface area contributed by atoms with Gasteiger partial charge in [0.25, 0.3) is 0 Å². The molecule has 224 valence electrons. The van der Waals surface area contributed by atoms with Crippen molar-refractivity contribution in [2.75, 3.05) is 4.90 Å². The summed E-state index contributed by atoms with van der Waals surface area (Å²) in [6.07, 6.45) is 9.43. The molecule has 1 aliphatic heterocycles. The van der Waals surface area contributed by atoms with Crippen molar-refractivity contribution < 1.29 is 9.59 Å². The number of hydrogen-bond donors (Lipinski definition) is 0. The Morgan fingerprint density at radius 3 is 2.52 bits per heavy atom. The van der Waals surface area contributed by atoms with Crippen LogP contribution in [0.5, 0.6) is 0 Å². The molecule has 3 heterocycles. The van der Waals surface area contributed by atoms with E-state index in [0.29, 0.717) is 30.1 Å². The monoisotopic (exact) mass is 607 g/mol. The van der Waals surface area contributed by atoms with Crippen LogP contribution in [0, 0.1) is 5.41 Å². The summed E-state index contributed by atoms with van der Waals surface area (Å²) in [5, 5.41) is 12.2. The van der Waals surface area contributed by atoms with Gasteiger partial charge >= 0.3 is 0 Å². The Kier molecular flexibility index (Phi) is 7.50. The van der Waals surface area contributed by atoms with Crippen molar-refractivity contribution in [1.29, 1.82) is 0 Å². The number of anilines is 1. The van der Waals surface area contributed by atoms with Gasteiger partial charge < -0.3 is 4.57 Å². The molecule has 2 aliphatic rings. The summed E-state index contributed by atoms with van der Waals surface area (Å²) in [4.78, 5) is 33.3. The Morgan fingerprint density at radius 1 is 0.955 bits per heavy atom. The van der Waals surface area contributed by atoms with Crippen molar-refractivity contribution >= 4 is 40.1 Å². The molecule has 0 bridgehead atoms. The van der Waals surface area contributed by atoms with Gasteiger partial charge in [-0.25, -0.2) is 4.98 Å². The molecule has 0 N–H and O–H groups in total. The topological polar surface area (TPSA) is 98.8 Å². The number of carbonyl (C=O) groups excluding carboxylic acids is 2. The molecule has 7 rings (SSSR count). The number of tetrazole rings is 1. The standard InChI is InChI=1S/C34H34ClN7O2/c1-2-3-6-31-37-28-14-12-26(42-32(43)15-18-34(33(42)44)16-4-5-17-34)20-30(28)40(31)21-23-7-9-24(10-8-23)27-13-11-25(35)19-29(27)41-22-36-38-39-41/h7-14,19-20,22H,2-6,15-18,21H2,1H3. The van der Waals surface area contributed by atoms with Gasteiger partial charge in [-0.3, -0.25) is 14.5 Å². The number of carbonyl (C=O) groups is 2. The van der Waals surface area contributed by atoms with Crippen molar-refractivity contribution in [3.63, 3.8) is 0 Å². The number of hydrogen-bond acceptors (Lipinski definition) is 6. The van der Waals surface area contributed by atoms with E-state index in [-0.39, 0.29) is 17.2 Å². The minimum atomic E-state index is -0.383. The second-order valence-corrected chi connectivity index (χ2v) is 12.5. The zero-order valence-corrected chi connectivity index (χ0v) is 25.5.